The van der Waals surface area contributed by atoms with Crippen molar-refractivity contribution >= 4 is 0 Å². The van der Waals surface area contributed by atoms with E-state index < -0.39 is 6.23 Å². The predicted octanol–water partition coefficient (Wildman–Crippen LogP) is -3.46. The monoisotopic (exact) mass is 420 g/mol. The van der Waals surface area contributed by atoms with Crippen LogP contribution in [0.2, 0.25) is 0 Å². The van der Waals surface area contributed by atoms with Crippen molar-refractivity contribution in [1.82, 2.24) is 10.6 Å². The molecule has 0 bridgehead atoms. The number of hydrogen-bond acceptors (Lipinski definition) is 8. The molecular formula is C6H19N5O4Pt. The van der Waals surface area contributed by atoms with Crippen LogP contribution in [0, 0.1) is 10.1 Å². The van der Waals surface area contributed by atoms with E-state index in [2.05, 4.69) is 10.6 Å². The van der Waals surface area contributed by atoms with E-state index in [4.69, 9.17) is 21.6 Å². The Labute approximate surface area is 108 Å². The van der Waals surface area contributed by atoms with Crippen molar-refractivity contribution in [2.45, 2.75) is 12.6 Å². The quantitative estimate of drug-likeness (QED) is 0.251. The Morgan fingerprint density at radius 3 is 1.94 bits per heavy atom. The second-order valence-corrected chi connectivity index (χ2v) is 2.31. The molecule has 1 heterocycles. The van der Waals surface area contributed by atoms with E-state index >= 15 is 0 Å². The molecule has 1 rings (SSSR count). The summed E-state index contributed by atoms with van der Waals surface area (Å²) in [4.78, 5) is 8.00. The average Bonchev–Trinajstić information content (AvgIpc) is 2.21. The first-order valence-corrected chi connectivity index (χ1v) is 4.17. The first-order chi connectivity index (χ1) is 6.72. The van der Waals surface area contributed by atoms with Crippen molar-refractivity contribution in [2.24, 2.45) is 16.8 Å². The van der Waals surface area contributed by atoms with Crippen molar-refractivity contribution in [1.29, 1.82) is 0 Å². The van der Waals surface area contributed by atoms with Gasteiger partial charge in [-0.15, -0.1) is 5.34 Å². The van der Waals surface area contributed by atoms with Gasteiger partial charge in [-0.2, -0.15) is 0 Å². The largest absolute Gasteiger partial charge is 2.00 e. The van der Waals surface area contributed by atoms with Crippen LogP contribution in [0.4, 0.5) is 0 Å². The molecule has 0 radical (unpaired) electrons. The van der Waals surface area contributed by atoms with Gasteiger partial charge in [0.1, 0.15) is 0 Å². The van der Waals surface area contributed by atoms with E-state index in [1.807, 2.05) is 0 Å². The summed E-state index contributed by atoms with van der Waals surface area (Å²) in [6.07, 6.45) is 0.182. The van der Waals surface area contributed by atoms with Gasteiger partial charge in [-0.25, -0.2) is 0 Å². The summed E-state index contributed by atoms with van der Waals surface area (Å²) in [5, 5.41) is 25.1. The Kier molecular flexibility index (Phi) is 37.6. The Morgan fingerprint density at radius 2 is 1.81 bits per heavy atom. The summed E-state index contributed by atoms with van der Waals surface area (Å²) in [5.41, 5.74) is 9.81. The molecule has 0 spiro atoms. The molecule has 16 heavy (non-hydrogen) atoms. The molecule has 0 aromatic heterocycles. The molecule has 1 aliphatic heterocycles. The van der Waals surface area contributed by atoms with E-state index in [0.717, 1.165) is 11.9 Å². The maximum Gasteiger partial charge on any atom is 2.00 e. The van der Waals surface area contributed by atoms with E-state index in [-0.39, 0.29) is 26.5 Å². The van der Waals surface area contributed by atoms with Gasteiger partial charge in [0.15, 0.2) is 0 Å². The minimum absolute atomic E-state index is 0. The van der Waals surface area contributed by atoms with Crippen LogP contribution in [0.1, 0.15) is 6.42 Å². The van der Waals surface area contributed by atoms with E-state index in [1.54, 1.807) is 0 Å². The zero-order chi connectivity index (χ0) is 11.2. The normalized spacial score (nSPS) is 17.1. The molecule has 102 valence electrons. The molecule has 1 saturated heterocycles. The van der Waals surface area contributed by atoms with Gasteiger partial charge in [0.2, 0.25) is 0 Å². The van der Waals surface area contributed by atoms with Gasteiger partial charge in [-0.05, 0) is 13.0 Å². The minimum atomic E-state index is -0.527. The maximum atomic E-state index is 10.4. The smallest absolute Gasteiger partial charge is 0.841 e. The fraction of sp³-hybridized carbons (Fsp3) is 1.00. The number of nitrogens with zero attached hydrogens (tertiary/aromatic N) is 1. The molecule has 8 N–H and O–H groups in total. The van der Waals surface area contributed by atoms with Gasteiger partial charge in [0.05, 0.1) is 0 Å². The Hall–Kier alpha value is -0.152. The van der Waals surface area contributed by atoms with Crippen LogP contribution in [0.15, 0.2) is 5.34 Å². The Balaban J connectivity index is -0.0000000709. The predicted molar refractivity (Wildman–Crippen MR) is 55.3 cm³/mol. The first-order valence-electron chi connectivity index (χ1n) is 4.17. The van der Waals surface area contributed by atoms with Gasteiger partial charge < -0.3 is 42.8 Å². The first kappa shape index (κ1) is 24.9. The molecular weight excluding hydrogens is 401 g/mol. The third-order valence-corrected chi connectivity index (χ3v) is 1.20. The van der Waals surface area contributed by atoms with Crippen molar-refractivity contribution < 1.29 is 31.6 Å². The Morgan fingerprint density at radius 1 is 1.38 bits per heavy atom. The van der Waals surface area contributed by atoms with Crippen molar-refractivity contribution in [2.75, 3.05) is 26.3 Å². The topological polar surface area (TPSA) is 183 Å². The number of hydrogen-bond donors (Lipinski definition) is 4. The van der Waals surface area contributed by atoms with Crippen LogP contribution in [-0.2, 0) is 21.1 Å². The van der Waals surface area contributed by atoms with Crippen LogP contribution >= 0.6 is 0 Å². The molecule has 10 heteroatoms. The molecule has 0 aliphatic carbocycles. The molecule has 0 aromatic carbocycles. The summed E-state index contributed by atoms with van der Waals surface area (Å²) >= 11 is 0. The summed E-state index contributed by atoms with van der Waals surface area (Å²) < 4.78 is 0. The van der Waals surface area contributed by atoms with Crippen molar-refractivity contribution in [3.8, 4) is 0 Å². The van der Waals surface area contributed by atoms with Crippen LogP contribution in [-0.4, -0.2) is 38.0 Å². The van der Waals surface area contributed by atoms with Gasteiger partial charge in [-0.1, -0.05) is 6.23 Å². The standard InChI is InChI=1S/C4H9N2O.C2H8N2.HNO2.H2O.Pt/c7-4-1-2-5-3-6-4;3-1-2-4;2-1-3;;/h4-6H,1-3H2;1-4H2;(H,2,3);1H2;/q-1;;;;+2/p-1. The van der Waals surface area contributed by atoms with Gasteiger partial charge in [0, 0.05) is 19.8 Å². The summed E-state index contributed by atoms with van der Waals surface area (Å²) in [6, 6.07) is 0. The Bertz CT molecular complexity index is 115. The fourth-order valence-corrected chi connectivity index (χ4v) is 0.610. The van der Waals surface area contributed by atoms with Crippen LogP contribution < -0.4 is 27.2 Å². The molecule has 0 amide bonds. The second kappa shape index (κ2) is 24.2. The van der Waals surface area contributed by atoms with Crippen LogP contribution in [0.5, 0.6) is 0 Å². The fourth-order valence-electron chi connectivity index (χ4n) is 0.610. The third kappa shape index (κ3) is 29.2. The molecule has 1 atom stereocenters. The third-order valence-electron chi connectivity index (χ3n) is 1.20. The van der Waals surface area contributed by atoms with Crippen LogP contribution in [0.3, 0.4) is 0 Å². The van der Waals surface area contributed by atoms with Gasteiger partial charge >= 0.3 is 21.1 Å². The molecule has 0 aromatic rings. The summed E-state index contributed by atoms with van der Waals surface area (Å²) in [7, 11) is 0. The molecule has 0 saturated carbocycles. The number of nitrogens with one attached hydrogen (secondary N) is 2. The zero-order valence-electron chi connectivity index (χ0n) is 8.76. The molecule has 9 nitrogen and oxygen atoms in total. The number of nitrogens with two attached hydrogens (primary N) is 2. The maximum absolute atomic E-state index is 10.4. The molecule has 1 aliphatic rings. The SMILES string of the molecule is NCCN.O.O=N[O-].[O-]C1CCNCN1.[Pt+2]. The zero-order valence-corrected chi connectivity index (χ0v) is 11.0. The van der Waals surface area contributed by atoms with Gasteiger partial charge in [0.25, 0.3) is 0 Å². The average molecular weight is 420 g/mol. The van der Waals surface area contributed by atoms with E-state index in [9.17, 15) is 5.11 Å². The van der Waals surface area contributed by atoms with Crippen molar-refractivity contribution in [3.05, 3.63) is 10.1 Å². The minimum Gasteiger partial charge on any atom is -0.841 e. The number of rotatable bonds is 1. The molecule has 1 unspecified atom stereocenters. The van der Waals surface area contributed by atoms with Crippen molar-refractivity contribution in [3.63, 3.8) is 0 Å². The van der Waals surface area contributed by atoms with Crippen LogP contribution in [0.25, 0.3) is 0 Å². The summed E-state index contributed by atoms with van der Waals surface area (Å²) in [5.74, 6) is 0. The van der Waals surface area contributed by atoms with Gasteiger partial charge in [-0.3, -0.25) is 0 Å². The molecule has 1 fully saturated rings. The second-order valence-electron chi connectivity index (χ2n) is 2.31. The summed E-state index contributed by atoms with van der Waals surface area (Å²) in [6.45, 7) is 2.73. The van der Waals surface area contributed by atoms with E-state index in [1.165, 1.54) is 0 Å². The van der Waals surface area contributed by atoms with E-state index in [0.29, 0.717) is 26.2 Å².